The van der Waals surface area contributed by atoms with Crippen molar-refractivity contribution in [3.63, 3.8) is 0 Å². The predicted octanol–water partition coefficient (Wildman–Crippen LogP) is 7.33. The second kappa shape index (κ2) is 11.8. The number of hydrogen-bond donors (Lipinski definition) is 0. The van der Waals surface area contributed by atoms with Gasteiger partial charge in [-0.15, -0.1) is 0 Å². The third-order valence-electron chi connectivity index (χ3n) is 4.76. The Bertz CT molecular complexity index is 178. The lowest BCUT2D eigenvalue weighted by Gasteiger charge is -2.28. The molecule has 0 amide bonds. The molecule has 0 atom stereocenters. The van der Waals surface area contributed by atoms with Gasteiger partial charge in [-0.3, -0.25) is 0 Å². The van der Waals surface area contributed by atoms with Crippen LogP contribution in [-0.4, -0.2) is 0 Å². The van der Waals surface area contributed by atoms with Gasteiger partial charge >= 0.3 is 0 Å². The van der Waals surface area contributed by atoms with Gasteiger partial charge in [-0.05, 0) is 17.8 Å². The highest BCUT2D eigenvalue weighted by Crippen LogP contribution is 2.33. The summed E-state index contributed by atoms with van der Waals surface area (Å²) in [7, 11) is 0. The van der Waals surface area contributed by atoms with Gasteiger partial charge in [-0.25, -0.2) is 0 Å². The Morgan fingerprint density at radius 2 is 1.00 bits per heavy atom. The van der Waals surface area contributed by atoms with E-state index in [1.54, 1.807) is 5.92 Å². The highest BCUT2D eigenvalue weighted by molar-refractivity contribution is 4.94. The Kier molecular flexibility index (Phi) is 11.8. The third kappa shape index (κ3) is 11.5. The summed E-state index contributed by atoms with van der Waals surface area (Å²) in [5, 5.41) is 0. The molecule has 1 radical (unpaired) electrons. The Hall–Kier alpha value is 0. The maximum Gasteiger partial charge on any atom is -0.0247 e. The average molecular weight is 268 g/mol. The molecule has 0 unspecified atom stereocenters. The van der Waals surface area contributed by atoms with Crippen LogP contribution < -0.4 is 0 Å². The molecule has 0 aromatic carbocycles. The molecule has 0 fully saturated rings. The standard InChI is InChI=1S/C19H39/c1-6-7-8-9-10-11-12-13-14-15-16-17-19(4,5)18(2)3/h6-17H2,1-5H3. The van der Waals surface area contributed by atoms with E-state index in [9.17, 15) is 0 Å². The van der Waals surface area contributed by atoms with E-state index in [0.717, 1.165) is 0 Å². The molecule has 0 rings (SSSR count). The van der Waals surface area contributed by atoms with Crippen LogP contribution in [0.15, 0.2) is 0 Å². The Morgan fingerprint density at radius 3 is 1.37 bits per heavy atom. The van der Waals surface area contributed by atoms with Crippen LogP contribution in [0.25, 0.3) is 0 Å². The fourth-order valence-corrected chi connectivity index (χ4v) is 2.48. The fourth-order valence-electron chi connectivity index (χ4n) is 2.48. The van der Waals surface area contributed by atoms with E-state index in [1.807, 2.05) is 0 Å². The topological polar surface area (TPSA) is 0 Å². The van der Waals surface area contributed by atoms with Crippen molar-refractivity contribution in [2.45, 2.75) is 112 Å². The van der Waals surface area contributed by atoms with E-state index in [4.69, 9.17) is 0 Å². The number of rotatable bonds is 13. The first-order valence-electron chi connectivity index (χ1n) is 8.81. The van der Waals surface area contributed by atoms with Crippen molar-refractivity contribution in [3.8, 4) is 0 Å². The number of hydrogen-bond acceptors (Lipinski definition) is 0. The van der Waals surface area contributed by atoms with E-state index in [0.29, 0.717) is 5.41 Å². The first kappa shape index (κ1) is 19.0. The average Bonchev–Trinajstić information content (AvgIpc) is 2.35. The molecule has 0 aliphatic rings. The normalized spacial score (nSPS) is 12.3. The summed E-state index contributed by atoms with van der Waals surface area (Å²) < 4.78 is 0. The highest BCUT2D eigenvalue weighted by Gasteiger charge is 2.21. The van der Waals surface area contributed by atoms with Crippen molar-refractivity contribution in [1.29, 1.82) is 0 Å². The molecule has 0 saturated heterocycles. The van der Waals surface area contributed by atoms with Crippen molar-refractivity contribution in [2.75, 3.05) is 0 Å². The second-order valence-electron chi connectivity index (χ2n) is 7.17. The van der Waals surface area contributed by atoms with Crippen LogP contribution in [0.2, 0.25) is 0 Å². The van der Waals surface area contributed by atoms with Gasteiger partial charge in [-0.2, -0.15) is 0 Å². The zero-order valence-electron chi connectivity index (χ0n) is 14.5. The minimum Gasteiger partial charge on any atom is -0.0654 e. The van der Waals surface area contributed by atoms with E-state index in [-0.39, 0.29) is 0 Å². The zero-order chi connectivity index (χ0) is 14.6. The van der Waals surface area contributed by atoms with Crippen LogP contribution in [-0.2, 0) is 0 Å². The Labute approximate surface area is 123 Å². The predicted molar refractivity (Wildman–Crippen MR) is 89.5 cm³/mol. The molecular weight excluding hydrogens is 228 g/mol. The number of unbranched alkanes of at least 4 members (excludes halogenated alkanes) is 10. The van der Waals surface area contributed by atoms with Crippen molar-refractivity contribution in [2.24, 2.45) is 5.41 Å². The van der Waals surface area contributed by atoms with Crippen LogP contribution >= 0.6 is 0 Å². The summed E-state index contributed by atoms with van der Waals surface area (Å²) in [6.45, 7) is 11.6. The lowest BCUT2D eigenvalue weighted by molar-refractivity contribution is 0.339. The zero-order valence-corrected chi connectivity index (χ0v) is 14.5. The lowest BCUT2D eigenvalue weighted by atomic mass is 9.77. The molecule has 0 nitrogen and oxygen atoms in total. The molecule has 0 N–H and O–H groups in total. The van der Waals surface area contributed by atoms with E-state index in [1.165, 1.54) is 77.0 Å². The molecular formula is C19H39. The Balaban J connectivity index is 3.19. The van der Waals surface area contributed by atoms with E-state index in [2.05, 4.69) is 34.6 Å². The van der Waals surface area contributed by atoms with Crippen LogP contribution in [0.4, 0.5) is 0 Å². The molecule has 115 valence electrons. The van der Waals surface area contributed by atoms with Gasteiger partial charge in [0.25, 0.3) is 0 Å². The van der Waals surface area contributed by atoms with Gasteiger partial charge in [-0.1, -0.05) is 105 Å². The first-order valence-corrected chi connectivity index (χ1v) is 8.81. The van der Waals surface area contributed by atoms with Crippen molar-refractivity contribution in [3.05, 3.63) is 5.92 Å². The summed E-state index contributed by atoms with van der Waals surface area (Å²) in [6.07, 6.45) is 17.3. The third-order valence-corrected chi connectivity index (χ3v) is 4.76. The summed E-state index contributed by atoms with van der Waals surface area (Å²) >= 11 is 0. The largest absolute Gasteiger partial charge is 0.0654 e. The van der Waals surface area contributed by atoms with Gasteiger partial charge in [0.2, 0.25) is 0 Å². The van der Waals surface area contributed by atoms with Gasteiger partial charge in [0.05, 0.1) is 0 Å². The minimum absolute atomic E-state index is 0.458. The molecule has 0 heteroatoms. The quantitative estimate of drug-likeness (QED) is 0.306. The Morgan fingerprint density at radius 1 is 0.632 bits per heavy atom. The maximum atomic E-state index is 2.39. The molecule has 0 bridgehead atoms. The smallest absolute Gasteiger partial charge is 0.0247 e. The highest BCUT2D eigenvalue weighted by atomic mass is 14.3. The first-order chi connectivity index (χ1) is 9.00. The van der Waals surface area contributed by atoms with Crippen molar-refractivity contribution >= 4 is 0 Å². The van der Waals surface area contributed by atoms with Crippen LogP contribution in [0.1, 0.15) is 112 Å². The summed E-state index contributed by atoms with van der Waals surface area (Å²) in [5.74, 6) is 1.58. The van der Waals surface area contributed by atoms with Crippen molar-refractivity contribution < 1.29 is 0 Å². The monoisotopic (exact) mass is 267 g/mol. The van der Waals surface area contributed by atoms with Gasteiger partial charge < -0.3 is 0 Å². The van der Waals surface area contributed by atoms with Crippen LogP contribution in [0.5, 0.6) is 0 Å². The van der Waals surface area contributed by atoms with Gasteiger partial charge in [0, 0.05) is 0 Å². The SMILES string of the molecule is CCCCCCCCCCCCCC(C)(C)[C](C)C. The molecule has 0 aromatic rings. The summed E-state index contributed by atoms with van der Waals surface area (Å²) in [6, 6.07) is 0. The summed E-state index contributed by atoms with van der Waals surface area (Å²) in [4.78, 5) is 0. The van der Waals surface area contributed by atoms with Gasteiger partial charge in [0.1, 0.15) is 0 Å². The van der Waals surface area contributed by atoms with Crippen molar-refractivity contribution in [1.82, 2.24) is 0 Å². The van der Waals surface area contributed by atoms with Gasteiger partial charge in [0.15, 0.2) is 0 Å². The minimum atomic E-state index is 0.458. The molecule has 0 aliphatic carbocycles. The lowest BCUT2D eigenvalue weighted by Crippen LogP contribution is -2.16. The van der Waals surface area contributed by atoms with E-state index < -0.39 is 0 Å². The maximum absolute atomic E-state index is 2.39. The molecule has 19 heavy (non-hydrogen) atoms. The molecule has 0 aliphatic heterocycles. The molecule has 0 aromatic heterocycles. The van der Waals surface area contributed by atoms with Crippen LogP contribution in [0.3, 0.4) is 0 Å². The molecule has 0 heterocycles. The van der Waals surface area contributed by atoms with Crippen LogP contribution in [0, 0.1) is 11.3 Å². The second-order valence-corrected chi connectivity index (χ2v) is 7.17. The molecule has 0 spiro atoms. The fraction of sp³-hybridized carbons (Fsp3) is 0.947. The summed E-state index contributed by atoms with van der Waals surface area (Å²) in [5.41, 5.74) is 0.458. The molecule has 0 saturated carbocycles. The van der Waals surface area contributed by atoms with E-state index >= 15 is 0 Å².